The highest BCUT2D eigenvalue weighted by molar-refractivity contribution is 9.09. The molecule has 2 aliphatic rings. The third kappa shape index (κ3) is 2.22. The Hall–Kier alpha value is -1.30. The number of nitrogens with one attached hydrogen (secondary N) is 3. The number of guanidine groups is 1. The first kappa shape index (κ1) is 12.2. The molecule has 0 bridgehead atoms. The first-order valence-electron chi connectivity index (χ1n) is 5.38. The van der Waals surface area contributed by atoms with Gasteiger partial charge >= 0.3 is 6.03 Å². The van der Waals surface area contributed by atoms with Crippen LogP contribution >= 0.6 is 15.9 Å². The number of alkyl halides is 1. The molecule has 5 nitrogen and oxygen atoms in total. The lowest BCUT2D eigenvalue weighted by molar-refractivity contribution is 0.202. The highest BCUT2D eigenvalue weighted by Crippen LogP contribution is 2.25. The number of nitrogens with zero attached hydrogens (tertiary/aromatic N) is 1. The molecule has 2 amide bonds. The fourth-order valence-corrected chi connectivity index (χ4v) is 2.37. The molecule has 2 rings (SSSR count). The molecule has 2 unspecified atom stereocenters. The van der Waals surface area contributed by atoms with Gasteiger partial charge in [0.15, 0.2) is 0 Å². The third-order valence-corrected chi connectivity index (χ3v) is 3.60. The van der Waals surface area contributed by atoms with Crippen LogP contribution in [0.15, 0.2) is 23.8 Å². The summed E-state index contributed by atoms with van der Waals surface area (Å²) < 4.78 is 0. The van der Waals surface area contributed by atoms with Gasteiger partial charge in [0.05, 0.1) is 0 Å². The Balaban J connectivity index is 2.28. The van der Waals surface area contributed by atoms with Gasteiger partial charge in [0.1, 0.15) is 5.66 Å². The molecule has 1 saturated heterocycles. The van der Waals surface area contributed by atoms with Gasteiger partial charge in [-0.2, -0.15) is 0 Å². The number of hydrogen-bond acceptors (Lipinski definition) is 2. The number of rotatable bonds is 1. The molecule has 1 aliphatic heterocycles. The topological polar surface area (TPSA) is 68.2 Å². The summed E-state index contributed by atoms with van der Waals surface area (Å²) in [5.74, 6) is 0.0993. The van der Waals surface area contributed by atoms with E-state index < -0.39 is 5.66 Å². The molecule has 0 saturated carbocycles. The van der Waals surface area contributed by atoms with Crippen molar-refractivity contribution in [3.05, 3.63) is 23.8 Å². The summed E-state index contributed by atoms with van der Waals surface area (Å²) >= 11 is 3.53. The lowest BCUT2D eigenvalue weighted by atomic mass is 9.95. The van der Waals surface area contributed by atoms with Crippen LogP contribution in [-0.4, -0.2) is 34.4 Å². The average molecular weight is 299 g/mol. The van der Waals surface area contributed by atoms with Crippen LogP contribution < -0.4 is 10.6 Å². The Kier molecular flexibility index (Phi) is 2.99. The predicted octanol–water partition coefficient (Wildman–Crippen LogP) is 1.53. The number of allylic oxidation sites excluding steroid dienone is 2. The fraction of sp³-hybridized carbons (Fsp3) is 0.455. The minimum absolute atomic E-state index is 0.0993. The largest absolute Gasteiger partial charge is 0.330 e. The minimum atomic E-state index is -0.719. The second-order valence-corrected chi connectivity index (χ2v) is 5.54. The molecule has 0 aromatic rings. The highest BCUT2D eigenvalue weighted by atomic mass is 79.9. The van der Waals surface area contributed by atoms with E-state index in [0.717, 1.165) is 12.0 Å². The number of carbonyl (C=O) groups excluding carboxylic acids is 1. The van der Waals surface area contributed by atoms with Gasteiger partial charge in [-0.1, -0.05) is 34.2 Å². The van der Waals surface area contributed by atoms with Crippen molar-refractivity contribution in [3.63, 3.8) is 0 Å². The van der Waals surface area contributed by atoms with E-state index in [2.05, 4.69) is 32.6 Å². The van der Waals surface area contributed by atoms with Crippen molar-refractivity contribution in [2.75, 3.05) is 7.05 Å². The Morgan fingerprint density at radius 3 is 2.88 bits per heavy atom. The summed E-state index contributed by atoms with van der Waals surface area (Å²) in [5.41, 5.74) is 0.237. The van der Waals surface area contributed by atoms with Crippen molar-refractivity contribution < 1.29 is 4.79 Å². The zero-order valence-electron chi connectivity index (χ0n) is 9.75. The molecule has 17 heavy (non-hydrogen) atoms. The molecule has 0 aromatic heterocycles. The van der Waals surface area contributed by atoms with Gasteiger partial charge in [0.25, 0.3) is 0 Å². The SMILES string of the molecule is CN1C(=N)NC(C)(C2=CC(Br)CC=C2)NC1=O. The molecule has 0 spiro atoms. The van der Waals surface area contributed by atoms with E-state index in [1.54, 1.807) is 7.05 Å². The zero-order valence-corrected chi connectivity index (χ0v) is 11.3. The fourth-order valence-electron chi connectivity index (χ4n) is 1.87. The zero-order chi connectivity index (χ0) is 12.6. The first-order valence-corrected chi connectivity index (χ1v) is 6.29. The number of halogens is 1. The van der Waals surface area contributed by atoms with Crippen LogP contribution in [0.1, 0.15) is 13.3 Å². The van der Waals surface area contributed by atoms with Crippen molar-refractivity contribution >= 4 is 27.9 Å². The van der Waals surface area contributed by atoms with Crippen molar-refractivity contribution in [2.24, 2.45) is 0 Å². The molecular formula is C11H15BrN4O. The van der Waals surface area contributed by atoms with E-state index in [9.17, 15) is 4.79 Å². The Bertz CT molecular complexity index is 411. The molecule has 1 heterocycles. The van der Waals surface area contributed by atoms with E-state index in [1.807, 2.05) is 19.1 Å². The van der Waals surface area contributed by atoms with Crippen LogP contribution in [0.5, 0.6) is 0 Å². The van der Waals surface area contributed by atoms with Crippen molar-refractivity contribution in [3.8, 4) is 0 Å². The number of carbonyl (C=O) groups is 1. The molecule has 1 fully saturated rings. The van der Waals surface area contributed by atoms with Gasteiger partial charge in [-0.25, -0.2) is 4.79 Å². The van der Waals surface area contributed by atoms with Gasteiger partial charge in [0, 0.05) is 11.9 Å². The van der Waals surface area contributed by atoms with Crippen molar-refractivity contribution in [1.82, 2.24) is 15.5 Å². The molecular weight excluding hydrogens is 284 g/mol. The Labute approximate surface area is 109 Å². The van der Waals surface area contributed by atoms with Crippen molar-refractivity contribution in [1.29, 1.82) is 5.41 Å². The monoisotopic (exact) mass is 298 g/mol. The maximum absolute atomic E-state index is 11.7. The van der Waals surface area contributed by atoms with Crippen LogP contribution in [0, 0.1) is 5.41 Å². The van der Waals surface area contributed by atoms with E-state index in [1.165, 1.54) is 4.90 Å². The molecule has 0 aromatic carbocycles. The summed E-state index contributed by atoms with van der Waals surface area (Å²) in [5, 5.41) is 13.6. The van der Waals surface area contributed by atoms with Gasteiger partial charge in [0.2, 0.25) is 5.96 Å². The normalized spacial score (nSPS) is 33.0. The predicted molar refractivity (Wildman–Crippen MR) is 70.1 cm³/mol. The van der Waals surface area contributed by atoms with E-state index in [0.29, 0.717) is 0 Å². The third-order valence-electron chi connectivity index (χ3n) is 2.96. The van der Waals surface area contributed by atoms with Crippen LogP contribution in [0.2, 0.25) is 0 Å². The van der Waals surface area contributed by atoms with E-state index in [4.69, 9.17) is 5.41 Å². The minimum Gasteiger partial charge on any atom is -0.330 e. The Morgan fingerprint density at radius 2 is 2.29 bits per heavy atom. The van der Waals surface area contributed by atoms with Gasteiger partial charge < -0.3 is 10.6 Å². The number of amides is 2. The standard InChI is InChI=1S/C11H15BrN4O/c1-11(7-4-3-5-8(12)6-7)14-9(13)16(2)10(17)15-11/h3-4,6,8H,5H2,1-2H3,(H2,13,14)(H,15,17). The lowest BCUT2D eigenvalue weighted by Gasteiger charge is -2.42. The second-order valence-electron chi connectivity index (χ2n) is 4.36. The van der Waals surface area contributed by atoms with Crippen LogP contribution in [0.4, 0.5) is 4.79 Å². The molecule has 92 valence electrons. The summed E-state index contributed by atoms with van der Waals surface area (Å²) in [6, 6.07) is -0.276. The average Bonchev–Trinajstić information content (AvgIpc) is 2.26. The van der Waals surface area contributed by atoms with E-state index >= 15 is 0 Å². The molecule has 1 aliphatic carbocycles. The smallest absolute Gasteiger partial charge is 0.326 e. The maximum Gasteiger partial charge on any atom is 0.326 e. The van der Waals surface area contributed by atoms with E-state index in [-0.39, 0.29) is 16.8 Å². The van der Waals surface area contributed by atoms with Gasteiger partial charge in [-0.15, -0.1) is 0 Å². The van der Waals surface area contributed by atoms with Crippen molar-refractivity contribution in [2.45, 2.75) is 23.8 Å². The summed E-state index contributed by atoms with van der Waals surface area (Å²) in [7, 11) is 1.56. The quantitative estimate of drug-likeness (QED) is 0.643. The van der Waals surface area contributed by atoms with Crippen LogP contribution in [0.25, 0.3) is 0 Å². The Morgan fingerprint density at radius 1 is 1.59 bits per heavy atom. The summed E-state index contributed by atoms with van der Waals surface area (Å²) in [6.07, 6.45) is 7.01. The van der Waals surface area contributed by atoms with Crippen LogP contribution in [-0.2, 0) is 0 Å². The molecule has 2 atom stereocenters. The number of urea groups is 1. The summed E-state index contributed by atoms with van der Waals surface area (Å²) in [6.45, 7) is 1.85. The lowest BCUT2D eigenvalue weighted by Crippen LogP contribution is -2.70. The number of hydrogen-bond donors (Lipinski definition) is 3. The maximum atomic E-state index is 11.7. The molecule has 0 radical (unpaired) electrons. The van der Waals surface area contributed by atoms with Gasteiger partial charge in [-0.05, 0) is 18.9 Å². The highest BCUT2D eigenvalue weighted by Gasteiger charge is 2.38. The van der Waals surface area contributed by atoms with Crippen LogP contribution in [0.3, 0.4) is 0 Å². The van der Waals surface area contributed by atoms with Gasteiger partial charge in [-0.3, -0.25) is 10.3 Å². The second kappa shape index (κ2) is 4.18. The molecule has 6 heteroatoms. The molecule has 3 N–H and O–H groups in total. The first-order chi connectivity index (χ1) is 7.92. The summed E-state index contributed by atoms with van der Waals surface area (Å²) in [4.78, 5) is 13.2.